The Morgan fingerprint density at radius 2 is 0.917 bits per heavy atom. The van der Waals surface area contributed by atoms with E-state index in [0.717, 1.165) is 24.6 Å². The van der Waals surface area contributed by atoms with Crippen molar-refractivity contribution in [1.29, 1.82) is 0 Å². The maximum absolute atomic E-state index is 5.92. The Morgan fingerprint density at radius 1 is 0.556 bits per heavy atom. The minimum atomic E-state index is -0.663. The number of benzene rings is 4. The number of nitrogens with zero attached hydrogens (tertiary/aromatic N) is 1. The SMILES string of the molecule is COc1ccccc1[P@@](c1ccccc1)[C@@H]1CN(C)C[C@H]1[P@@](c1ccccc1)c1ccccc1OC. The summed E-state index contributed by atoms with van der Waals surface area (Å²) in [6.45, 7) is 2.12. The lowest BCUT2D eigenvalue weighted by Crippen LogP contribution is -2.34. The van der Waals surface area contributed by atoms with Crippen LogP contribution in [0.5, 0.6) is 11.5 Å². The van der Waals surface area contributed by atoms with Gasteiger partial charge in [0.2, 0.25) is 0 Å². The highest BCUT2D eigenvalue weighted by Gasteiger charge is 2.44. The third-order valence-corrected chi connectivity index (χ3v) is 13.0. The van der Waals surface area contributed by atoms with Crippen LogP contribution >= 0.6 is 15.8 Å². The predicted molar refractivity (Wildman–Crippen MR) is 156 cm³/mol. The van der Waals surface area contributed by atoms with Gasteiger partial charge in [-0.2, -0.15) is 0 Å². The van der Waals surface area contributed by atoms with Crippen molar-refractivity contribution >= 4 is 37.1 Å². The number of likely N-dealkylation sites (tertiary alicyclic amines) is 1. The van der Waals surface area contributed by atoms with Gasteiger partial charge in [0.05, 0.1) is 14.2 Å². The smallest absolute Gasteiger partial charge is 0.126 e. The Morgan fingerprint density at radius 3 is 1.31 bits per heavy atom. The number of rotatable bonds is 8. The molecule has 0 unspecified atom stereocenters. The lowest BCUT2D eigenvalue weighted by Gasteiger charge is -2.35. The molecule has 1 heterocycles. The monoisotopic (exact) mass is 513 g/mol. The fraction of sp³-hybridized carbons (Fsp3) is 0.226. The maximum atomic E-state index is 5.92. The second-order valence-corrected chi connectivity index (χ2v) is 13.9. The lowest BCUT2D eigenvalue weighted by atomic mass is 10.3. The van der Waals surface area contributed by atoms with E-state index in [1.807, 2.05) is 0 Å². The normalized spacial score (nSPS) is 19.5. The van der Waals surface area contributed by atoms with Gasteiger partial charge in [-0.3, -0.25) is 0 Å². The molecule has 184 valence electrons. The number of ether oxygens (including phenoxy) is 2. The maximum Gasteiger partial charge on any atom is 0.126 e. The Kier molecular flexibility index (Phi) is 8.02. The van der Waals surface area contributed by atoms with E-state index in [9.17, 15) is 0 Å². The summed E-state index contributed by atoms with van der Waals surface area (Å²) in [6, 6.07) is 39.4. The van der Waals surface area contributed by atoms with Crippen LogP contribution in [-0.2, 0) is 0 Å². The molecule has 1 fully saturated rings. The van der Waals surface area contributed by atoms with Crippen molar-refractivity contribution in [2.45, 2.75) is 11.3 Å². The van der Waals surface area contributed by atoms with Gasteiger partial charge in [0.1, 0.15) is 11.5 Å². The summed E-state index contributed by atoms with van der Waals surface area (Å²) in [7, 11) is 4.53. The summed E-state index contributed by atoms with van der Waals surface area (Å²) < 4.78 is 11.8. The molecule has 5 heteroatoms. The van der Waals surface area contributed by atoms with Gasteiger partial charge in [0.15, 0.2) is 0 Å². The molecule has 0 amide bonds. The summed E-state index contributed by atoms with van der Waals surface area (Å²) in [5.41, 5.74) is 0.944. The molecule has 1 aliphatic rings. The van der Waals surface area contributed by atoms with Crippen LogP contribution in [0.1, 0.15) is 0 Å². The van der Waals surface area contributed by atoms with E-state index in [1.54, 1.807) is 14.2 Å². The van der Waals surface area contributed by atoms with Crippen molar-refractivity contribution in [3.8, 4) is 11.5 Å². The van der Waals surface area contributed by atoms with Crippen LogP contribution in [0, 0.1) is 0 Å². The van der Waals surface area contributed by atoms with Gasteiger partial charge in [0.25, 0.3) is 0 Å². The van der Waals surface area contributed by atoms with Gasteiger partial charge in [0, 0.05) is 35.0 Å². The summed E-state index contributed by atoms with van der Waals surface area (Å²) in [6.07, 6.45) is 0. The highest BCUT2D eigenvalue weighted by molar-refractivity contribution is 7.77. The molecule has 0 N–H and O–H groups in total. The van der Waals surface area contributed by atoms with Gasteiger partial charge in [-0.1, -0.05) is 97.1 Å². The second kappa shape index (κ2) is 11.6. The van der Waals surface area contributed by atoms with Crippen LogP contribution in [0.4, 0.5) is 0 Å². The lowest BCUT2D eigenvalue weighted by molar-refractivity contribution is 0.417. The third kappa shape index (κ3) is 5.07. The van der Waals surface area contributed by atoms with E-state index in [4.69, 9.17) is 9.47 Å². The van der Waals surface area contributed by atoms with Gasteiger partial charge < -0.3 is 14.4 Å². The Bertz CT molecular complexity index is 1170. The van der Waals surface area contributed by atoms with Crippen molar-refractivity contribution in [1.82, 2.24) is 4.90 Å². The van der Waals surface area contributed by atoms with E-state index in [2.05, 4.69) is 121 Å². The summed E-state index contributed by atoms with van der Waals surface area (Å²) in [4.78, 5) is 2.52. The van der Waals surface area contributed by atoms with Crippen LogP contribution in [0.15, 0.2) is 109 Å². The highest BCUT2D eigenvalue weighted by Crippen LogP contribution is 2.55. The first-order valence-electron chi connectivity index (χ1n) is 12.3. The van der Waals surface area contributed by atoms with E-state index in [-0.39, 0.29) is 0 Å². The molecule has 36 heavy (non-hydrogen) atoms. The Balaban J connectivity index is 1.69. The molecular formula is C31H33NO2P2. The van der Waals surface area contributed by atoms with Gasteiger partial charge in [-0.15, -0.1) is 0 Å². The number of para-hydroxylation sites is 2. The van der Waals surface area contributed by atoms with Crippen molar-refractivity contribution in [2.24, 2.45) is 0 Å². The average Bonchev–Trinajstić information content (AvgIpc) is 3.31. The van der Waals surface area contributed by atoms with Crippen molar-refractivity contribution in [2.75, 3.05) is 34.4 Å². The fourth-order valence-electron chi connectivity index (χ4n) is 5.32. The molecule has 4 aromatic carbocycles. The zero-order chi connectivity index (χ0) is 24.9. The molecule has 0 saturated carbocycles. The zero-order valence-electron chi connectivity index (χ0n) is 21.1. The van der Waals surface area contributed by atoms with Gasteiger partial charge >= 0.3 is 0 Å². The highest BCUT2D eigenvalue weighted by atomic mass is 31.1. The predicted octanol–water partition coefficient (Wildman–Crippen LogP) is 4.95. The van der Waals surface area contributed by atoms with E-state index >= 15 is 0 Å². The van der Waals surface area contributed by atoms with Crippen LogP contribution in [0.2, 0.25) is 0 Å². The van der Waals surface area contributed by atoms with E-state index in [1.165, 1.54) is 21.2 Å². The fourth-order valence-corrected chi connectivity index (χ4v) is 12.2. The minimum Gasteiger partial charge on any atom is -0.496 e. The minimum absolute atomic E-state index is 0.472. The average molecular weight is 514 g/mol. The summed E-state index contributed by atoms with van der Waals surface area (Å²) >= 11 is 0. The second-order valence-electron chi connectivity index (χ2n) is 9.11. The molecule has 0 radical (unpaired) electrons. The topological polar surface area (TPSA) is 21.7 Å². The third-order valence-electron chi connectivity index (χ3n) is 6.86. The Labute approximate surface area is 217 Å². The molecule has 0 bridgehead atoms. The zero-order valence-corrected chi connectivity index (χ0v) is 22.9. The van der Waals surface area contributed by atoms with Crippen LogP contribution in [0.25, 0.3) is 0 Å². The molecule has 0 aliphatic carbocycles. The molecule has 3 nitrogen and oxygen atoms in total. The molecule has 1 aliphatic heterocycles. The quantitative estimate of drug-likeness (QED) is 0.311. The van der Waals surface area contributed by atoms with Crippen molar-refractivity contribution in [3.63, 3.8) is 0 Å². The first-order chi connectivity index (χ1) is 17.7. The first-order valence-corrected chi connectivity index (χ1v) is 15.2. The number of hydrogen-bond acceptors (Lipinski definition) is 3. The standard InChI is InChI=1S/C31H33NO2P2/c1-32-22-30(35(24-14-6-4-7-15-24)28-20-12-10-18-26(28)33-2)31(23-32)36(25-16-8-5-9-17-25)29-21-13-11-19-27(29)34-3/h4-21,30-31H,22-23H2,1-3H3/t30-,31-,35-,36+/m1/s1. The first kappa shape index (κ1) is 25.0. The molecule has 4 aromatic rings. The molecule has 5 rings (SSSR count). The van der Waals surface area contributed by atoms with E-state index < -0.39 is 15.8 Å². The van der Waals surface area contributed by atoms with Crippen LogP contribution < -0.4 is 30.7 Å². The summed E-state index contributed by atoms with van der Waals surface area (Å²) in [5.74, 6) is 1.98. The van der Waals surface area contributed by atoms with Gasteiger partial charge in [-0.25, -0.2) is 0 Å². The van der Waals surface area contributed by atoms with Crippen molar-refractivity contribution in [3.05, 3.63) is 109 Å². The molecule has 0 spiro atoms. The molecular weight excluding hydrogens is 480 g/mol. The molecule has 4 atom stereocenters. The van der Waals surface area contributed by atoms with Gasteiger partial charge in [-0.05, 0) is 45.6 Å². The largest absolute Gasteiger partial charge is 0.496 e. The number of methoxy groups -OCH3 is 2. The van der Waals surface area contributed by atoms with E-state index in [0.29, 0.717) is 11.3 Å². The van der Waals surface area contributed by atoms with Crippen LogP contribution in [-0.4, -0.2) is 50.6 Å². The molecule has 1 saturated heterocycles. The molecule has 0 aromatic heterocycles. The van der Waals surface area contributed by atoms with Crippen LogP contribution in [0.3, 0.4) is 0 Å². The Hall–Kier alpha value is -2.70. The summed E-state index contributed by atoms with van der Waals surface area (Å²) in [5, 5.41) is 5.47. The number of hydrogen-bond donors (Lipinski definition) is 0. The van der Waals surface area contributed by atoms with Crippen molar-refractivity contribution < 1.29 is 9.47 Å².